The molecule has 0 fully saturated rings. The highest BCUT2D eigenvalue weighted by atomic mass is 35.5. The lowest BCUT2D eigenvalue weighted by atomic mass is 9.67. The zero-order valence-corrected chi connectivity index (χ0v) is 28.8. The van der Waals surface area contributed by atoms with Crippen molar-refractivity contribution in [2.45, 2.75) is 31.5 Å². The Balaban J connectivity index is 1.59. The Hall–Kier alpha value is -6.35. The first-order valence-corrected chi connectivity index (χ1v) is 17.0. The van der Waals surface area contributed by atoms with E-state index in [0.29, 0.717) is 28.9 Å². The minimum atomic E-state index is -2.04. The molecule has 258 valence electrons. The van der Waals surface area contributed by atoms with Crippen molar-refractivity contribution in [3.63, 3.8) is 0 Å². The van der Waals surface area contributed by atoms with Crippen LogP contribution in [0.5, 0.6) is 0 Å². The Morgan fingerprint density at radius 3 is 2.25 bits per heavy atom. The molecule has 2 heterocycles. The second-order valence-corrected chi connectivity index (χ2v) is 12.9. The average molecular weight is 710 g/mol. The van der Waals surface area contributed by atoms with Gasteiger partial charge >= 0.3 is 5.97 Å². The summed E-state index contributed by atoms with van der Waals surface area (Å²) < 4.78 is 9.43. The topological polar surface area (TPSA) is 121 Å². The van der Waals surface area contributed by atoms with E-state index in [-0.39, 0.29) is 23.9 Å². The van der Waals surface area contributed by atoms with Crippen LogP contribution >= 0.6 is 11.6 Å². The molecule has 0 N–H and O–H groups in total. The first kappa shape index (κ1) is 34.1. The Bertz CT molecular complexity index is 2370. The Morgan fingerprint density at radius 2 is 1.60 bits per heavy atom. The molecule has 7 rings (SSSR count). The van der Waals surface area contributed by atoms with Crippen LogP contribution in [0.2, 0.25) is 5.02 Å². The first-order chi connectivity index (χ1) is 25.3. The molecular formula is C41H32ClN5O5. The molecule has 0 aliphatic carbocycles. The number of para-hydroxylation sites is 2. The fourth-order valence-electron chi connectivity index (χ4n) is 7.27. The van der Waals surface area contributed by atoms with Crippen LogP contribution in [0.15, 0.2) is 139 Å². The predicted molar refractivity (Wildman–Crippen MR) is 198 cm³/mol. The molecule has 11 heteroatoms. The average Bonchev–Trinajstić information content (AvgIpc) is 3.62. The lowest BCUT2D eigenvalue weighted by Crippen LogP contribution is -2.50. The van der Waals surface area contributed by atoms with Gasteiger partial charge in [-0.1, -0.05) is 84.4 Å². The molecule has 0 spiro atoms. The molecule has 2 atom stereocenters. The number of amides is 1. The van der Waals surface area contributed by atoms with Crippen LogP contribution in [0.4, 0.5) is 11.4 Å². The summed E-state index contributed by atoms with van der Waals surface area (Å²) in [5, 5.41) is 23.1. The normalized spacial score (nSPS) is 15.6. The number of carbonyl (C=O) groups is 2. The number of ether oxygens (including phenoxy) is 1. The Labute approximate surface area is 304 Å². The summed E-state index contributed by atoms with van der Waals surface area (Å²) in [5.74, 6) is 0.612. The molecular weight excluding hydrogens is 678 g/mol. The van der Waals surface area contributed by atoms with Gasteiger partial charge in [0.05, 0.1) is 23.6 Å². The lowest BCUT2D eigenvalue weighted by Gasteiger charge is -2.36. The van der Waals surface area contributed by atoms with Crippen LogP contribution in [0, 0.1) is 10.1 Å². The third-order valence-corrected chi connectivity index (χ3v) is 9.70. The molecule has 2 unspecified atom stereocenters. The van der Waals surface area contributed by atoms with Crippen molar-refractivity contribution in [2.75, 3.05) is 11.5 Å². The summed E-state index contributed by atoms with van der Waals surface area (Å²) in [6.45, 7) is 2.18. The van der Waals surface area contributed by atoms with Gasteiger partial charge in [-0.3, -0.25) is 20.8 Å². The zero-order chi connectivity index (χ0) is 36.4. The summed E-state index contributed by atoms with van der Waals surface area (Å²) in [7, 11) is 0. The van der Waals surface area contributed by atoms with Crippen molar-refractivity contribution in [3.8, 4) is 0 Å². The molecule has 0 radical (unpaired) electrons. The van der Waals surface area contributed by atoms with Crippen molar-refractivity contribution < 1.29 is 23.8 Å². The number of nitrogens with zero attached hydrogens (tertiary/aromatic N) is 5. The van der Waals surface area contributed by atoms with E-state index in [9.17, 15) is 20.3 Å². The lowest BCUT2D eigenvalue weighted by molar-refractivity contribution is -0.663. The van der Waals surface area contributed by atoms with Crippen LogP contribution in [0.3, 0.4) is 0 Å². The van der Waals surface area contributed by atoms with Crippen LogP contribution in [-0.4, -0.2) is 33.8 Å². The number of nitro groups is 1. The molecule has 1 aliphatic heterocycles. The molecule has 52 heavy (non-hydrogen) atoms. The van der Waals surface area contributed by atoms with E-state index < -0.39 is 33.8 Å². The number of nitro benzene ring substituents is 1. The second-order valence-electron chi connectivity index (χ2n) is 12.4. The van der Waals surface area contributed by atoms with Gasteiger partial charge in [0.15, 0.2) is 16.4 Å². The maximum Gasteiger partial charge on any atom is 0.341 e. The first-order valence-electron chi connectivity index (χ1n) is 16.7. The number of esters is 1. The van der Waals surface area contributed by atoms with Crippen LogP contribution in [-0.2, 0) is 32.8 Å². The molecule has 10 nitrogen and oxygen atoms in total. The van der Waals surface area contributed by atoms with E-state index in [0.717, 1.165) is 16.6 Å². The molecule has 1 amide bonds. The quantitative estimate of drug-likeness (QED) is 0.0348. The summed E-state index contributed by atoms with van der Waals surface area (Å²) >= 11 is 6.71. The summed E-state index contributed by atoms with van der Waals surface area (Å²) in [6, 6.07) is 36.6. The summed E-state index contributed by atoms with van der Waals surface area (Å²) in [6.07, 6.45) is 1.86. The minimum absolute atomic E-state index is 0.0455. The number of aromatic nitrogens is 2. The highest BCUT2D eigenvalue weighted by Crippen LogP contribution is 2.56. The van der Waals surface area contributed by atoms with E-state index >= 15 is 4.79 Å². The van der Waals surface area contributed by atoms with Crippen molar-refractivity contribution in [1.29, 1.82) is 0 Å². The number of imidazole rings is 1. The van der Waals surface area contributed by atoms with Gasteiger partial charge in [-0.25, -0.2) is 13.9 Å². The number of fused-ring (bicyclic) bond motifs is 2. The number of anilines is 1. The van der Waals surface area contributed by atoms with E-state index in [1.54, 1.807) is 42.2 Å². The Morgan fingerprint density at radius 1 is 0.942 bits per heavy atom. The van der Waals surface area contributed by atoms with Crippen molar-refractivity contribution in [2.24, 2.45) is 0 Å². The van der Waals surface area contributed by atoms with Crippen LogP contribution < -0.4 is 9.47 Å². The largest absolute Gasteiger partial charge is 0.763 e. The van der Waals surface area contributed by atoms with Crippen LogP contribution in [0.1, 0.15) is 35.2 Å². The molecule has 1 aromatic heterocycles. The predicted octanol–water partition coefficient (Wildman–Crippen LogP) is 7.34. The number of hydrogen-bond donors (Lipinski definition) is 0. The number of benzene rings is 5. The van der Waals surface area contributed by atoms with Gasteiger partial charge in [0.25, 0.3) is 5.69 Å². The highest BCUT2D eigenvalue weighted by molar-refractivity contribution is 6.31. The van der Waals surface area contributed by atoms with Gasteiger partial charge in [0, 0.05) is 28.4 Å². The van der Waals surface area contributed by atoms with Crippen molar-refractivity contribution in [3.05, 3.63) is 182 Å². The maximum atomic E-state index is 15.7. The Kier molecular flexibility index (Phi) is 9.26. The second kappa shape index (κ2) is 14.1. The van der Waals surface area contributed by atoms with Gasteiger partial charge in [-0.05, 0) is 66.1 Å². The standard InChI is InChI=1S/C41H32ClN5O5/c1-2-52-39(48)34(24-43)41(33-23-31(42)19-22-35(33)45(40(41)49)26-29-13-7-4-8-14-29)38(30-17-20-32(21-18-30)47(50)51)46-27-44(25-28-11-5-3-6-12-28)36-15-9-10-16-37(36)46/h3-23,27,38H,2,25-26H2,1H3. The van der Waals surface area contributed by atoms with Crippen LogP contribution in [0.25, 0.3) is 16.4 Å². The fourth-order valence-corrected chi connectivity index (χ4v) is 7.44. The zero-order valence-electron chi connectivity index (χ0n) is 28.1. The van der Waals surface area contributed by atoms with Crippen molar-refractivity contribution in [1.82, 2.24) is 4.57 Å². The molecule has 0 saturated heterocycles. The highest BCUT2D eigenvalue weighted by Gasteiger charge is 2.63. The van der Waals surface area contributed by atoms with Crippen molar-refractivity contribution >= 4 is 51.8 Å². The third kappa shape index (κ3) is 5.84. The number of halogens is 1. The smallest absolute Gasteiger partial charge is 0.341 e. The minimum Gasteiger partial charge on any atom is -0.763 e. The molecule has 6 aromatic rings. The van der Waals surface area contributed by atoms with E-state index in [2.05, 4.69) is 5.87 Å². The fraction of sp³-hybridized carbons (Fsp3) is 0.146. The maximum absolute atomic E-state index is 15.7. The summed E-state index contributed by atoms with van der Waals surface area (Å²) in [4.78, 5) is 42.7. The van der Waals surface area contributed by atoms with Gasteiger partial charge in [-0.15, -0.1) is 0 Å². The molecule has 0 saturated carbocycles. The van der Waals surface area contributed by atoms with E-state index in [4.69, 9.17) is 16.3 Å². The number of hydrogen-bond acceptors (Lipinski definition) is 5. The van der Waals surface area contributed by atoms with E-state index in [1.165, 1.54) is 12.1 Å². The van der Waals surface area contributed by atoms with Gasteiger partial charge in [-0.2, -0.15) is 0 Å². The molecule has 1 aliphatic rings. The molecule has 5 aromatic carbocycles. The van der Waals surface area contributed by atoms with E-state index in [1.807, 2.05) is 100 Å². The SMILES string of the molecule is CCOC(=O)C(=C=[N-])C1(C(c2ccc([N+](=O)[O-])cc2)n2c[n+](Cc3ccccc3)c3ccccc32)C(=O)N(Cc2ccccc2)c2ccc(Cl)cc21. The number of non-ortho nitro benzene ring substituents is 1. The van der Waals surface area contributed by atoms with Gasteiger partial charge in [0.1, 0.15) is 12.6 Å². The summed E-state index contributed by atoms with van der Waals surface area (Å²) in [5.41, 5.74) is 1.97. The number of carbonyl (C=O) groups excluding carboxylic acids is 2. The monoisotopic (exact) mass is 709 g/mol. The van der Waals surface area contributed by atoms with Gasteiger partial charge in [0.2, 0.25) is 12.2 Å². The number of rotatable bonds is 11. The van der Waals surface area contributed by atoms with Gasteiger partial charge < -0.3 is 15.0 Å². The third-order valence-electron chi connectivity index (χ3n) is 9.46. The molecule has 0 bridgehead atoms.